The van der Waals surface area contributed by atoms with Crippen molar-refractivity contribution in [2.75, 3.05) is 25.5 Å². The van der Waals surface area contributed by atoms with Gasteiger partial charge in [0.15, 0.2) is 5.11 Å². The third-order valence-electron chi connectivity index (χ3n) is 2.87. The standard InChI is InChI=1S/C15H23N3OS/c1-4-5-10-16-15(20)18(3)11-14(19)17-13-8-6-12(2)7-9-13/h6-9H,4-5,10-11H2,1-3H3,(H,16,20)(H,17,19). The lowest BCUT2D eigenvalue weighted by atomic mass is 10.2. The third-order valence-corrected chi connectivity index (χ3v) is 3.33. The summed E-state index contributed by atoms with van der Waals surface area (Å²) in [6.07, 6.45) is 2.19. The van der Waals surface area contributed by atoms with Crippen LogP contribution in [0.15, 0.2) is 24.3 Å². The van der Waals surface area contributed by atoms with Crippen LogP contribution in [0.25, 0.3) is 0 Å². The summed E-state index contributed by atoms with van der Waals surface area (Å²) in [7, 11) is 1.82. The van der Waals surface area contributed by atoms with E-state index in [-0.39, 0.29) is 12.5 Å². The minimum atomic E-state index is -0.0732. The molecule has 2 N–H and O–H groups in total. The summed E-state index contributed by atoms with van der Waals surface area (Å²) in [4.78, 5) is 13.6. The van der Waals surface area contributed by atoms with Crippen LogP contribution >= 0.6 is 12.2 Å². The molecule has 0 bridgehead atoms. The average molecular weight is 293 g/mol. The number of hydrogen-bond acceptors (Lipinski definition) is 2. The number of nitrogens with zero attached hydrogens (tertiary/aromatic N) is 1. The maximum atomic E-state index is 11.9. The van der Waals surface area contributed by atoms with E-state index >= 15 is 0 Å². The molecule has 0 heterocycles. The second-order valence-electron chi connectivity index (χ2n) is 4.86. The molecule has 4 nitrogen and oxygen atoms in total. The third kappa shape index (κ3) is 6.02. The monoisotopic (exact) mass is 293 g/mol. The Morgan fingerprint density at radius 1 is 1.30 bits per heavy atom. The molecule has 0 fully saturated rings. The highest BCUT2D eigenvalue weighted by Crippen LogP contribution is 2.08. The number of benzene rings is 1. The number of carbonyl (C=O) groups is 1. The van der Waals surface area contributed by atoms with E-state index in [0.29, 0.717) is 5.11 Å². The van der Waals surface area contributed by atoms with E-state index in [1.54, 1.807) is 4.90 Å². The molecule has 1 aromatic rings. The van der Waals surface area contributed by atoms with E-state index < -0.39 is 0 Å². The van der Waals surface area contributed by atoms with Gasteiger partial charge < -0.3 is 15.5 Å². The first-order chi connectivity index (χ1) is 9.52. The van der Waals surface area contributed by atoms with Crippen LogP contribution in [0.3, 0.4) is 0 Å². The maximum absolute atomic E-state index is 11.9. The number of rotatable bonds is 6. The highest BCUT2D eigenvalue weighted by molar-refractivity contribution is 7.80. The first-order valence-electron chi connectivity index (χ1n) is 6.88. The normalized spacial score (nSPS) is 9.95. The van der Waals surface area contributed by atoms with Crippen LogP contribution in [0, 0.1) is 6.92 Å². The van der Waals surface area contributed by atoms with E-state index in [1.807, 2.05) is 38.2 Å². The summed E-state index contributed by atoms with van der Waals surface area (Å²) in [5.41, 5.74) is 1.97. The maximum Gasteiger partial charge on any atom is 0.243 e. The van der Waals surface area contributed by atoms with Crippen molar-refractivity contribution in [1.29, 1.82) is 0 Å². The van der Waals surface area contributed by atoms with E-state index in [9.17, 15) is 4.79 Å². The van der Waals surface area contributed by atoms with Gasteiger partial charge in [0, 0.05) is 19.3 Å². The van der Waals surface area contributed by atoms with Crippen LogP contribution in [0.4, 0.5) is 5.69 Å². The lowest BCUT2D eigenvalue weighted by Crippen LogP contribution is -2.41. The molecular weight excluding hydrogens is 270 g/mol. The minimum Gasteiger partial charge on any atom is -0.363 e. The average Bonchev–Trinajstić information content (AvgIpc) is 2.41. The van der Waals surface area contributed by atoms with Gasteiger partial charge in [-0.2, -0.15) is 0 Å². The first kappa shape index (κ1) is 16.4. The van der Waals surface area contributed by atoms with Crippen LogP contribution in [0.2, 0.25) is 0 Å². The van der Waals surface area contributed by atoms with Gasteiger partial charge in [0.1, 0.15) is 0 Å². The molecule has 1 aromatic carbocycles. The number of amides is 1. The second-order valence-corrected chi connectivity index (χ2v) is 5.24. The fourth-order valence-electron chi connectivity index (χ4n) is 1.63. The van der Waals surface area contributed by atoms with Crippen LogP contribution in [0.5, 0.6) is 0 Å². The number of hydrogen-bond donors (Lipinski definition) is 2. The van der Waals surface area contributed by atoms with Crippen molar-refractivity contribution < 1.29 is 4.79 Å². The molecule has 0 aliphatic heterocycles. The zero-order chi connectivity index (χ0) is 15.0. The number of nitrogens with one attached hydrogen (secondary N) is 2. The fraction of sp³-hybridized carbons (Fsp3) is 0.467. The zero-order valence-electron chi connectivity index (χ0n) is 12.4. The van der Waals surface area contributed by atoms with E-state index in [2.05, 4.69) is 17.6 Å². The summed E-state index contributed by atoms with van der Waals surface area (Å²) in [6.45, 7) is 5.23. The number of unbranched alkanes of at least 4 members (excludes halogenated alkanes) is 1. The molecule has 0 radical (unpaired) electrons. The lowest BCUT2D eigenvalue weighted by molar-refractivity contribution is -0.116. The van der Waals surface area contributed by atoms with Crippen molar-refractivity contribution in [2.24, 2.45) is 0 Å². The summed E-state index contributed by atoms with van der Waals surface area (Å²) in [5.74, 6) is -0.0732. The van der Waals surface area contributed by atoms with Crippen LogP contribution in [-0.4, -0.2) is 36.1 Å². The number of anilines is 1. The van der Waals surface area contributed by atoms with Crippen molar-refractivity contribution >= 4 is 28.9 Å². The minimum absolute atomic E-state index is 0.0732. The number of likely N-dealkylation sites (N-methyl/N-ethyl adjacent to an activating group) is 1. The molecule has 0 aliphatic carbocycles. The van der Waals surface area contributed by atoms with Crippen molar-refractivity contribution in [3.8, 4) is 0 Å². The Bertz CT molecular complexity index is 445. The Kier molecular flexibility index (Phi) is 7.01. The van der Waals surface area contributed by atoms with Gasteiger partial charge in [-0.1, -0.05) is 31.0 Å². The number of thiocarbonyl (C=S) groups is 1. The number of aryl methyl sites for hydroxylation is 1. The van der Waals surface area contributed by atoms with Crippen molar-refractivity contribution in [2.45, 2.75) is 26.7 Å². The lowest BCUT2D eigenvalue weighted by Gasteiger charge is -2.20. The van der Waals surface area contributed by atoms with E-state index in [4.69, 9.17) is 12.2 Å². The summed E-state index contributed by atoms with van der Waals surface area (Å²) in [6, 6.07) is 7.72. The van der Waals surface area contributed by atoms with Gasteiger partial charge in [0.25, 0.3) is 0 Å². The molecule has 0 atom stereocenters. The predicted molar refractivity (Wildman–Crippen MR) is 87.9 cm³/mol. The molecule has 110 valence electrons. The Morgan fingerprint density at radius 3 is 2.55 bits per heavy atom. The van der Waals surface area contributed by atoms with Gasteiger partial charge in [-0.15, -0.1) is 0 Å². The van der Waals surface area contributed by atoms with Gasteiger partial charge in [-0.05, 0) is 37.7 Å². The molecule has 0 saturated carbocycles. The van der Waals surface area contributed by atoms with Crippen LogP contribution in [-0.2, 0) is 4.79 Å². The van der Waals surface area contributed by atoms with E-state index in [0.717, 1.165) is 25.1 Å². The highest BCUT2D eigenvalue weighted by atomic mass is 32.1. The summed E-state index contributed by atoms with van der Waals surface area (Å²) >= 11 is 5.22. The van der Waals surface area contributed by atoms with Crippen LogP contribution in [0.1, 0.15) is 25.3 Å². The molecule has 0 spiro atoms. The molecular formula is C15H23N3OS. The molecule has 1 rings (SSSR count). The smallest absolute Gasteiger partial charge is 0.243 e. The molecule has 0 aromatic heterocycles. The van der Waals surface area contributed by atoms with E-state index in [1.165, 1.54) is 5.56 Å². The van der Waals surface area contributed by atoms with Gasteiger partial charge in [0.2, 0.25) is 5.91 Å². The van der Waals surface area contributed by atoms with Crippen LogP contribution < -0.4 is 10.6 Å². The fourth-order valence-corrected chi connectivity index (χ4v) is 1.80. The van der Waals surface area contributed by atoms with Gasteiger partial charge in [-0.3, -0.25) is 4.79 Å². The largest absolute Gasteiger partial charge is 0.363 e. The summed E-state index contributed by atoms with van der Waals surface area (Å²) in [5, 5.41) is 6.60. The Balaban J connectivity index is 2.37. The SMILES string of the molecule is CCCCNC(=S)N(C)CC(=O)Nc1ccc(C)cc1. The molecule has 20 heavy (non-hydrogen) atoms. The van der Waals surface area contributed by atoms with Crippen molar-refractivity contribution in [3.63, 3.8) is 0 Å². The van der Waals surface area contributed by atoms with Gasteiger partial charge in [-0.25, -0.2) is 0 Å². The van der Waals surface area contributed by atoms with Crippen molar-refractivity contribution in [1.82, 2.24) is 10.2 Å². The summed E-state index contributed by atoms with van der Waals surface area (Å²) < 4.78 is 0. The second kappa shape index (κ2) is 8.53. The topological polar surface area (TPSA) is 44.4 Å². The highest BCUT2D eigenvalue weighted by Gasteiger charge is 2.09. The molecule has 5 heteroatoms. The predicted octanol–water partition coefficient (Wildman–Crippen LogP) is 2.54. The first-order valence-corrected chi connectivity index (χ1v) is 7.29. The Morgan fingerprint density at radius 2 is 1.95 bits per heavy atom. The quantitative estimate of drug-likeness (QED) is 0.625. The number of carbonyl (C=O) groups excluding carboxylic acids is 1. The zero-order valence-corrected chi connectivity index (χ0v) is 13.2. The Labute approximate surface area is 126 Å². The Hall–Kier alpha value is -1.62. The molecule has 1 amide bonds. The molecule has 0 unspecified atom stereocenters. The van der Waals surface area contributed by atoms with Crippen molar-refractivity contribution in [3.05, 3.63) is 29.8 Å². The van der Waals surface area contributed by atoms with Gasteiger partial charge >= 0.3 is 0 Å². The molecule has 0 aliphatic rings. The molecule has 0 saturated heterocycles. The van der Waals surface area contributed by atoms with Gasteiger partial charge in [0.05, 0.1) is 6.54 Å².